The summed E-state index contributed by atoms with van der Waals surface area (Å²) in [7, 11) is 0. The van der Waals surface area contributed by atoms with Gasteiger partial charge in [0.25, 0.3) is 0 Å². The molecule has 3 amide bonds. The second-order valence-corrected chi connectivity index (χ2v) is 12.3. The number of aryl methyl sites for hydroxylation is 1. The molecule has 41 heavy (non-hydrogen) atoms. The molecule has 6 rings (SSSR count). The van der Waals surface area contributed by atoms with E-state index < -0.39 is 11.8 Å². The lowest BCUT2D eigenvalue weighted by molar-refractivity contribution is -0.0334. The monoisotopic (exact) mass is 563 g/mol. The Bertz CT molecular complexity index is 1480. The highest BCUT2D eigenvalue weighted by Gasteiger charge is 2.37. The number of benzene rings is 1. The molecule has 1 aromatic carbocycles. The zero-order chi connectivity index (χ0) is 28.9. The number of nitrogens with one attached hydrogen (secondary N) is 1. The number of fused-ring (bicyclic) bond motifs is 2. The number of alkyl halides is 1. The normalized spacial score (nSPS) is 21.3. The number of H-pyrrole nitrogens is 1. The number of morpholine rings is 1. The first kappa shape index (κ1) is 27.5. The van der Waals surface area contributed by atoms with Crippen molar-refractivity contribution in [3.8, 4) is 11.1 Å². The van der Waals surface area contributed by atoms with Gasteiger partial charge in [-0.3, -0.25) is 4.90 Å². The number of ether oxygens (including phenoxy) is 2. The van der Waals surface area contributed by atoms with Crippen LogP contribution >= 0.6 is 0 Å². The predicted molar refractivity (Wildman–Crippen MR) is 153 cm³/mol. The third kappa shape index (κ3) is 5.49. The number of aromatic nitrogens is 2. The average molecular weight is 564 g/mol. The van der Waals surface area contributed by atoms with Crippen LogP contribution in [0.15, 0.2) is 30.6 Å². The van der Waals surface area contributed by atoms with Crippen LogP contribution in [0, 0.1) is 6.92 Å². The summed E-state index contributed by atoms with van der Waals surface area (Å²) in [4.78, 5) is 39.8. The fourth-order valence-corrected chi connectivity index (χ4v) is 6.11. The second-order valence-electron chi connectivity index (χ2n) is 12.3. The lowest BCUT2D eigenvalue weighted by atomic mass is 9.87. The van der Waals surface area contributed by atoms with Crippen molar-refractivity contribution >= 4 is 23.2 Å². The Morgan fingerprint density at radius 1 is 1.12 bits per heavy atom. The molecule has 0 radical (unpaired) electrons. The summed E-state index contributed by atoms with van der Waals surface area (Å²) in [5, 5.41) is 1.06. The second kappa shape index (κ2) is 10.6. The number of aromatic amines is 1. The number of urea groups is 1. The minimum atomic E-state index is -0.967. The molecule has 9 nitrogen and oxygen atoms in total. The third-order valence-corrected chi connectivity index (χ3v) is 8.24. The van der Waals surface area contributed by atoms with Crippen LogP contribution in [0.3, 0.4) is 0 Å². The molecule has 0 aliphatic carbocycles. The number of halogens is 1. The number of likely N-dealkylation sites (tertiary alicyclic amines) is 1. The van der Waals surface area contributed by atoms with E-state index in [0.717, 1.165) is 44.4 Å². The molecule has 2 atom stereocenters. The lowest BCUT2D eigenvalue weighted by Crippen LogP contribution is -2.47. The summed E-state index contributed by atoms with van der Waals surface area (Å²) in [6, 6.07) is 5.92. The van der Waals surface area contributed by atoms with Crippen LogP contribution in [-0.4, -0.2) is 88.0 Å². The van der Waals surface area contributed by atoms with Gasteiger partial charge >= 0.3 is 12.1 Å². The van der Waals surface area contributed by atoms with Crippen LogP contribution in [0.5, 0.6) is 0 Å². The molecular weight excluding hydrogens is 525 g/mol. The molecule has 0 spiro atoms. The van der Waals surface area contributed by atoms with Crippen molar-refractivity contribution in [2.24, 2.45) is 0 Å². The number of hydrogen-bond acceptors (Lipinski definition) is 5. The van der Waals surface area contributed by atoms with Gasteiger partial charge in [-0.2, -0.15) is 0 Å². The van der Waals surface area contributed by atoms with Crippen LogP contribution in [0.1, 0.15) is 55.5 Å². The van der Waals surface area contributed by atoms with Crippen molar-refractivity contribution in [2.45, 2.75) is 64.9 Å². The molecule has 3 aliphatic rings. The topological polar surface area (TPSA) is 91.0 Å². The molecule has 3 aliphatic heterocycles. The van der Waals surface area contributed by atoms with Gasteiger partial charge in [-0.1, -0.05) is 6.07 Å². The number of nitrogens with zero attached hydrogens (tertiary/aromatic N) is 4. The minimum absolute atomic E-state index is 0.132. The summed E-state index contributed by atoms with van der Waals surface area (Å²) < 4.78 is 25.6. The van der Waals surface area contributed by atoms with Crippen molar-refractivity contribution in [3.05, 3.63) is 52.8 Å². The Kier molecular flexibility index (Phi) is 7.13. The van der Waals surface area contributed by atoms with E-state index in [1.165, 1.54) is 0 Å². The number of carbonyl (C=O) groups is 2. The van der Waals surface area contributed by atoms with Gasteiger partial charge in [0.2, 0.25) is 0 Å². The highest BCUT2D eigenvalue weighted by Crippen LogP contribution is 2.37. The zero-order valence-electron chi connectivity index (χ0n) is 24.2. The first-order chi connectivity index (χ1) is 19.6. The van der Waals surface area contributed by atoms with E-state index in [0.29, 0.717) is 52.2 Å². The van der Waals surface area contributed by atoms with Crippen molar-refractivity contribution in [2.75, 3.05) is 39.4 Å². The first-order valence-electron chi connectivity index (χ1n) is 14.4. The maximum atomic E-state index is 13.9. The third-order valence-electron chi connectivity index (χ3n) is 8.24. The van der Waals surface area contributed by atoms with Gasteiger partial charge in [-0.25, -0.2) is 19.0 Å². The maximum Gasteiger partial charge on any atom is 0.410 e. The van der Waals surface area contributed by atoms with E-state index in [-0.39, 0.29) is 24.7 Å². The molecule has 0 unspecified atom stereocenters. The Labute approximate surface area is 239 Å². The van der Waals surface area contributed by atoms with E-state index >= 15 is 0 Å². The quantitative estimate of drug-likeness (QED) is 0.453. The highest BCUT2D eigenvalue weighted by molar-refractivity contribution is 5.85. The number of amides is 3. The molecule has 2 fully saturated rings. The molecular formula is C31H38FN5O4. The Hall–Kier alpha value is -3.66. The number of pyridine rings is 1. The smallest absolute Gasteiger partial charge is 0.410 e. The van der Waals surface area contributed by atoms with Gasteiger partial charge in [-0.05, 0) is 80.5 Å². The lowest BCUT2D eigenvalue weighted by Gasteiger charge is -2.40. The highest BCUT2D eigenvalue weighted by atomic mass is 19.1. The number of carbonyl (C=O) groups excluding carboxylic acids is 2. The van der Waals surface area contributed by atoms with Gasteiger partial charge in [0, 0.05) is 49.5 Å². The van der Waals surface area contributed by atoms with Gasteiger partial charge in [0.05, 0.1) is 25.8 Å². The standard InChI is InChI=1S/C31H38FN5O4/c1-19-14-33-28-24(19)13-22(15-34-28)21-11-20-5-7-36(29(38)35-8-6-23(32)16-35)17-26(20)25(12-21)27-18-40-10-9-37(27)30(39)41-31(2,3)4/h11-15,23,27H,5-10,16-18H2,1-4H3,(H,33,34)/t23-,27-/m0/s1. The van der Waals surface area contributed by atoms with E-state index in [9.17, 15) is 14.0 Å². The molecule has 1 N–H and O–H groups in total. The van der Waals surface area contributed by atoms with Gasteiger partial charge in [0.1, 0.15) is 17.4 Å². The van der Waals surface area contributed by atoms with Crippen LogP contribution in [0.4, 0.5) is 14.0 Å². The van der Waals surface area contributed by atoms with E-state index in [4.69, 9.17) is 9.47 Å². The van der Waals surface area contributed by atoms with E-state index in [1.54, 1.807) is 9.80 Å². The Morgan fingerprint density at radius 2 is 1.95 bits per heavy atom. The zero-order valence-corrected chi connectivity index (χ0v) is 24.2. The molecule has 0 bridgehead atoms. The Balaban J connectivity index is 1.41. The fourth-order valence-electron chi connectivity index (χ4n) is 6.11. The van der Waals surface area contributed by atoms with Gasteiger partial charge in [-0.15, -0.1) is 0 Å². The molecule has 5 heterocycles. The molecule has 0 saturated carbocycles. The maximum absolute atomic E-state index is 13.9. The van der Waals surface area contributed by atoms with Crippen LogP contribution in [0.2, 0.25) is 0 Å². The van der Waals surface area contributed by atoms with E-state index in [2.05, 4.69) is 35.1 Å². The summed E-state index contributed by atoms with van der Waals surface area (Å²) in [6.45, 7) is 10.3. The number of rotatable bonds is 2. The largest absolute Gasteiger partial charge is 0.444 e. The van der Waals surface area contributed by atoms with Crippen LogP contribution in [0.25, 0.3) is 22.2 Å². The van der Waals surface area contributed by atoms with Crippen molar-refractivity contribution in [1.29, 1.82) is 0 Å². The van der Waals surface area contributed by atoms with Crippen molar-refractivity contribution in [1.82, 2.24) is 24.7 Å². The summed E-state index contributed by atoms with van der Waals surface area (Å²) in [5.41, 5.74) is 6.40. The fraction of sp³-hybridized carbons (Fsp3) is 0.516. The van der Waals surface area contributed by atoms with Crippen molar-refractivity contribution in [3.63, 3.8) is 0 Å². The Morgan fingerprint density at radius 3 is 2.71 bits per heavy atom. The predicted octanol–water partition coefficient (Wildman–Crippen LogP) is 5.37. The molecule has 3 aromatic rings. The molecule has 218 valence electrons. The minimum Gasteiger partial charge on any atom is -0.444 e. The van der Waals surface area contributed by atoms with Crippen molar-refractivity contribution < 1.29 is 23.5 Å². The van der Waals surface area contributed by atoms with Crippen LogP contribution < -0.4 is 0 Å². The summed E-state index contributed by atoms with van der Waals surface area (Å²) in [6.07, 6.45) is 3.51. The van der Waals surface area contributed by atoms with Gasteiger partial charge in [0.15, 0.2) is 0 Å². The molecule has 2 aromatic heterocycles. The molecule has 2 saturated heterocycles. The average Bonchev–Trinajstić information content (AvgIpc) is 3.55. The summed E-state index contributed by atoms with van der Waals surface area (Å²) >= 11 is 0. The SMILES string of the molecule is Cc1c[nH]c2ncc(-c3cc4c(c([C@@H]5COCCN5C(=O)OC(C)(C)C)c3)CN(C(=O)N3CC[C@H](F)C3)CC4)cc12. The first-order valence-corrected chi connectivity index (χ1v) is 14.4. The van der Waals surface area contributed by atoms with Gasteiger partial charge < -0.3 is 24.3 Å². The number of hydrogen-bond donors (Lipinski definition) is 1. The molecule has 10 heteroatoms. The van der Waals surface area contributed by atoms with E-state index in [1.807, 2.05) is 38.1 Å². The summed E-state index contributed by atoms with van der Waals surface area (Å²) in [5.74, 6) is 0. The van der Waals surface area contributed by atoms with Crippen LogP contribution in [-0.2, 0) is 22.4 Å².